The van der Waals surface area contributed by atoms with E-state index in [2.05, 4.69) is 4.74 Å². The molecule has 5 atom stereocenters. The van der Waals surface area contributed by atoms with Crippen molar-refractivity contribution in [2.75, 3.05) is 20.3 Å². The lowest BCUT2D eigenvalue weighted by molar-refractivity contribution is -0.279. The van der Waals surface area contributed by atoms with Crippen LogP contribution in [-0.4, -0.2) is 89.0 Å². The molecule has 2 amide bonds. The average Bonchev–Trinajstić information content (AvgIpc) is 3.10. The van der Waals surface area contributed by atoms with Crippen molar-refractivity contribution in [2.24, 2.45) is 0 Å². The van der Waals surface area contributed by atoms with Crippen molar-refractivity contribution in [3.63, 3.8) is 0 Å². The molecule has 0 unspecified atom stereocenters. The van der Waals surface area contributed by atoms with Crippen molar-refractivity contribution in [1.29, 1.82) is 0 Å². The zero-order chi connectivity index (χ0) is 24.7. The number of esters is 1. The standard InChI is InChI=1S/C24H33NO9/c1-32-18(27)12-6-4-2-3-5-9-13-33-24-19(21(29)20(28)17(14-26)34-24)25-22(30)15-10-7-8-11-16(15)23(25)31/h7-8,10-11,17,19-21,24,26,28-29H,2-6,9,12-14H2,1H3/t17-,19-,20-,21-,24-/m1/s1. The number of fused-ring (bicyclic) bond motifs is 1. The van der Waals surface area contributed by atoms with Crippen LogP contribution in [0.4, 0.5) is 0 Å². The van der Waals surface area contributed by atoms with E-state index in [1.54, 1.807) is 12.1 Å². The minimum Gasteiger partial charge on any atom is -0.469 e. The second kappa shape index (κ2) is 12.4. The number of hydrogen-bond donors (Lipinski definition) is 3. The second-order valence-corrected chi connectivity index (χ2v) is 8.54. The minimum absolute atomic E-state index is 0.206. The van der Waals surface area contributed by atoms with Crippen LogP contribution in [0.1, 0.15) is 65.7 Å². The van der Waals surface area contributed by atoms with Gasteiger partial charge in [0.05, 0.1) is 24.8 Å². The summed E-state index contributed by atoms with van der Waals surface area (Å²) in [7, 11) is 1.37. The number of carbonyl (C=O) groups is 3. The predicted molar refractivity (Wildman–Crippen MR) is 119 cm³/mol. The van der Waals surface area contributed by atoms with E-state index in [1.165, 1.54) is 19.2 Å². The Bertz CT molecular complexity index is 826. The molecule has 0 bridgehead atoms. The van der Waals surface area contributed by atoms with E-state index < -0.39 is 49.1 Å². The Kier molecular flexibility index (Phi) is 9.54. The van der Waals surface area contributed by atoms with Crippen molar-refractivity contribution >= 4 is 17.8 Å². The molecule has 188 valence electrons. The smallest absolute Gasteiger partial charge is 0.305 e. The normalized spacial score (nSPS) is 26.6. The Hall–Kier alpha value is -2.37. The molecule has 1 saturated heterocycles. The molecule has 2 aliphatic heterocycles. The summed E-state index contributed by atoms with van der Waals surface area (Å²) >= 11 is 0. The van der Waals surface area contributed by atoms with Crippen molar-refractivity contribution in [2.45, 2.75) is 75.6 Å². The highest BCUT2D eigenvalue weighted by Crippen LogP contribution is 2.32. The number of carbonyl (C=O) groups excluding carboxylic acids is 3. The first-order valence-electron chi connectivity index (χ1n) is 11.7. The molecule has 10 nitrogen and oxygen atoms in total. The van der Waals surface area contributed by atoms with E-state index in [0.29, 0.717) is 12.8 Å². The molecule has 1 aromatic carbocycles. The first-order valence-corrected chi connectivity index (χ1v) is 11.7. The maximum Gasteiger partial charge on any atom is 0.305 e. The third kappa shape index (κ3) is 5.81. The number of unbranched alkanes of at least 4 members (excludes halogenated alkanes) is 5. The van der Waals surface area contributed by atoms with Gasteiger partial charge in [-0.15, -0.1) is 0 Å². The first kappa shape index (κ1) is 26.2. The number of ether oxygens (including phenoxy) is 3. The molecular formula is C24H33NO9. The Balaban J connectivity index is 1.56. The number of methoxy groups -OCH3 is 1. The van der Waals surface area contributed by atoms with E-state index in [0.717, 1.165) is 37.0 Å². The van der Waals surface area contributed by atoms with Gasteiger partial charge in [0, 0.05) is 13.0 Å². The van der Waals surface area contributed by atoms with E-state index in [4.69, 9.17) is 9.47 Å². The Morgan fingerprint density at radius 1 is 0.971 bits per heavy atom. The number of imide groups is 1. The monoisotopic (exact) mass is 479 g/mol. The number of hydrogen-bond acceptors (Lipinski definition) is 9. The van der Waals surface area contributed by atoms with Crippen LogP contribution in [0.25, 0.3) is 0 Å². The fraction of sp³-hybridized carbons (Fsp3) is 0.625. The van der Waals surface area contributed by atoms with Gasteiger partial charge in [0.15, 0.2) is 6.29 Å². The molecule has 34 heavy (non-hydrogen) atoms. The Labute approximate surface area is 198 Å². The molecule has 10 heteroatoms. The summed E-state index contributed by atoms with van der Waals surface area (Å²) in [5, 5.41) is 30.7. The van der Waals surface area contributed by atoms with Crippen LogP contribution in [0.15, 0.2) is 24.3 Å². The average molecular weight is 480 g/mol. The molecule has 3 N–H and O–H groups in total. The van der Waals surface area contributed by atoms with Crippen LogP contribution in [-0.2, 0) is 19.0 Å². The number of rotatable bonds is 12. The van der Waals surface area contributed by atoms with E-state index in [1.807, 2.05) is 0 Å². The summed E-state index contributed by atoms with van der Waals surface area (Å²) in [5.41, 5.74) is 0.425. The number of benzene rings is 1. The van der Waals surface area contributed by atoms with Crippen LogP contribution in [0, 0.1) is 0 Å². The van der Waals surface area contributed by atoms with Gasteiger partial charge in [-0.1, -0.05) is 37.8 Å². The van der Waals surface area contributed by atoms with Gasteiger partial charge < -0.3 is 29.5 Å². The molecule has 0 saturated carbocycles. The van der Waals surface area contributed by atoms with Crippen molar-refractivity contribution in [1.82, 2.24) is 4.90 Å². The third-order valence-electron chi connectivity index (χ3n) is 6.26. The maximum atomic E-state index is 12.9. The zero-order valence-electron chi connectivity index (χ0n) is 19.3. The third-order valence-corrected chi connectivity index (χ3v) is 6.26. The highest BCUT2D eigenvalue weighted by atomic mass is 16.7. The lowest BCUT2D eigenvalue weighted by atomic mass is 9.95. The van der Waals surface area contributed by atoms with Gasteiger partial charge in [-0.05, 0) is 25.0 Å². The summed E-state index contributed by atoms with van der Waals surface area (Å²) < 4.78 is 16.1. The van der Waals surface area contributed by atoms with E-state index >= 15 is 0 Å². The maximum absolute atomic E-state index is 12.9. The zero-order valence-corrected chi connectivity index (χ0v) is 19.3. The fourth-order valence-corrected chi connectivity index (χ4v) is 4.34. The summed E-state index contributed by atoms with van der Waals surface area (Å²) in [6, 6.07) is 5.07. The van der Waals surface area contributed by atoms with Gasteiger partial charge in [0.25, 0.3) is 11.8 Å². The highest BCUT2D eigenvalue weighted by Gasteiger charge is 2.53. The number of nitrogens with zero attached hydrogens (tertiary/aromatic N) is 1. The molecule has 3 rings (SSSR count). The SMILES string of the molecule is COC(=O)CCCCCCCCO[C@@H]1O[C@H](CO)[C@@H](O)[C@H](O)[C@H]1N1C(=O)c2ccccc2C1=O. The molecule has 1 fully saturated rings. The van der Waals surface area contributed by atoms with Gasteiger partial charge in [-0.3, -0.25) is 19.3 Å². The van der Waals surface area contributed by atoms with Crippen LogP contribution in [0.2, 0.25) is 0 Å². The number of aliphatic hydroxyl groups excluding tert-OH is 3. The summed E-state index contributed by atoms with van der Waals surface area (Å²) in [4.78, 5) is 37.9. The molecule has 1 aromatic rings. The van der Waals surface area contributed by atoms with Crippen LogP contribution in [0.5, 0.6) is 0 Å². The lowest BCUT2D eigenvalue weighted by Crippen LogP contribution is -2.65. The molecule has 0 spiro atoms. The van der Waals surface area contributed by atoms with Crippen molar-refractivity contribution in [3.05, 3.63) is 35.4 Å². The molecular weight excluding hydrogens is 446 g/mol. The van der Waals surface area contributed by atoms with Crippen molar-refractivity contribution < 1.29 is 43.9 Å². The Morgan fingerprint density at radius 2 is 1.56 bits per heavy atom. The van der Waals surface area contributed by atoms with E-state index in [9.17, 15) is 29.7 Å². The van der Waals surface area contributed by atoms with Crippen LogP contribution in [0.3, 0.4) is 0 Å². The van der Waals surface area contributed by atoms with Crippen LogP contribution >= 0.6 is 0 Å². The number of amides is 2. The summed E-state index contributed by atoms with van der Waals surface area (Å²) in [6.45, 7) is -0.314. The topological polar surface area (TPSA) is 143 Å². The molecule has 0 aliphatic carbocycles. The largest absolute Gasteiger partial charge is 0.469 e. The second-order valence-electron chi connectivity index (χ2n) is 8.54. The summed E-state index contributed by atoms with van der Waals surface area (Å²) in [6.07, 6.45) is 0.208. The van der Waals surface area contributed by atoms with Gasteiger partial charge in [-0.2, -0.15) is 0 Å². The molecule has 2 aliphatic rings. The minimum atomic E-state index is -1.55. The molecule has 0 aromatic heterocycles. The quantitative estimate of drug-likeness (QED) is 0.227. The van der Waals surface area contributed by atoms with Crippen LogP contribution < -0.4 is 0 Å². The summed E-state index contributed by atoms with van der Waals surface area (Å²) in [5.74, 6) is -1.39. The van der Waals surface area contributed by atoms with Gasteiger partial charge >= 0.3 is 5.97 Å². The first-order chi connectivity index (χ1) is 16.4. The van der Waals surface area contributed by atoms with Gasteiger partial charge in [0.1, 0.15) is 24.4 Å². The van der Waals surface area contributed by atoms with E-state index in [-0.39, 0.29) is 23.7 Å². The fourth-order valence-electron chi connectivity index (χ4n) is 4.34. The predicted octanol–water partition coefficient (Wildman–Crippen LogP) is 1.01. The van der Waals surface area contributed by atoms with Crippen molar-refractivity contribution in [3.8, 4) is 0 Å². The molecule has 2 heterocycles. The lowest BCUT2D eigenvalue weighted by Gasteiger charge is -2.44. The Morgan fingerprint density at radius 3 is 2.15 bits per heavy atom. The highest BCUT2D eigenvalue weighted by molar-refractivity contribution is 6.21. The molecule has 0 radical (unpaired) electrons. The van der Waals surface area contributed by atoms with Gasteiger partial charge in [-0.25, -0.2) is 0 Å². The number of aliphatic hydroxyl groups is 3. The van der Waals surface area contributed by atoms with Gasteiger partial charge in [0.2, 0.25) is 0 Å².